The van der Waals surface area contributed by atoms with Gasteiger partial charge in [0.2, 0.25) is 0 Å². The Labute approximate surface area is 113 Å². The van der Waals surface area contributed by atoms with Crippen molar-refractivity contribution in [2.45, 2.75) is 101 Å². The van der Waals surface area contributed by atoms with E-state index in [1.807, 2.05) is 13.8 Å². The number of unbranched alkanes of at least 4 members (excludes halogenated alkanes) is 3. The van der Waals surface area contributed by atoms with Gasteiger partial charge in [0.25, 0.3) is 0 Å². The minimum Gasteiger partial charge on any atom is -0.0683 e. The average Bonchev–Trinajstić information content (AvgIpc) is 2.27. The van der Waals surface area contributed by atoms with Crippen LogP contribution in [0, 0.1) is 11.3 Å². The van der Waals surface area contributed by atoms with E-state index in [1.54, 1.807) is 0 Å². The van der Waals surface area contributed by atoms with Gasteiger partial charge in [0, 0.05) is 0 Å². The highest BCUT2D eigenvalue weighted by atomic mass is 14.1. The molecule has 0 aromatic heterocycles. The Balaban J connectivity index is -0.000000236. The van der Waals surface area contributed by atoms with Gasteiger partial charge in [-0.1, -0.05) is 94.4 Å². The van der Waals surface area contributed by atoms with Crippen LogP contribution in [0.2, 0.25) is 0 Å². The SMILES string of the molecule is CC.CCC(C)C.CCCCCCC(C)(C)C. The van der Waals surface area contributed by atoms with Gasteiger partial charge in [-0.2, -0.15) is 0 Å². The van der Waals surface area contributed by atoms with Crippen LogP contribution in [0.4, 0.5) is 0 Å². The lowest BCUT2D eigenvalue weighted by molar-refractivity contribution is 0.358. The first-order valence-electron chi connectivity index (χ1n) is 7.83. The molecule has 0 N–H and O–H groups in total. The highest BCUT2D eigenvalue weighted by Gasteiger charge is 2.08. The highest BCUT2D eigenvalue weighted by Crippen LogP contribution is 2.22. The average molecular weight is 245 g/mol. The summed E-state index contributed by atoms with van der Waals surface area (Å²) in [6, 6.07) is 0. The van der Waals surface area contributed by atoms with Crippen molar-refractivity contribution in [3.63, 3.8) is 0 Å². The summed E-state index contributed by atoms with van der Waals surface area (Å²) in [4.78, 5) is 0. The van der Waals surface area contributed by atoms with Gasteiger partial charge in [0.05, 0.1) is 0 Å². The van der Waals surface area contributed by atoms with Crippen LogP contribution in [-0.4, -0.2) is 0 Å². The van der Waals surface area contributed by atoms with Gasteiger partial charge in [-0.3, -0.25) is 0 Å². The second-order valence-electron chi connectivity index (χ2n) is 6.17. The third-order valence-corrected chi connectivity index (χ3v) is 2.60. The molecule has 0 aliphatic heterocycles. The lowest BCUT2D eigenvalue weighted by Crippen LogP contribution is -2.03. The molecule has 0 nitrogen and oxygen atoms in total. The van der Waals surface area contributed by atoms with Crippen LogP contribution >= 0.6 is 0 Å². The van der Waals surface area contributed by atoms with E-state index in [0.717, 1.165) is 5.92 Å². The minimum absolute atomic E-state index is 0.549. The van der Waals surface area contributed by atoms with Gasteiger partial charge >= 0.3 is 0 Å². The lowest BCUT2D eigenvalue weighted by Gasteiger charge is -2.17. The van der Waals surface area contributed by atoms with E-state index in [4.69, 9.17) is 0 Å². The second-order valence-corrected chi connectivity index (χ2v) is 6.17. The quantitative estimate of drug-likeness (QED) is 0.453. The Bertz CT molecular complexity index is 106. The van der Waals surface area contributed by atoms with Gasteiger partial charge in [-0.25, -0.2) is 0 Å². The molecule has 0 saturated heterocycles. The molecule has 0 fully saturated rings. The van der Waals surface area contributed by atoms with E-state index in [2.05, 4.69) is 48.5 Å². The molecule has 108 valence electrons. The van der Waals surface area contributed by atoms with Crippen molar-refractivity contribution in [1.82, 2.24) is 0 Å². The molecule has 0 aliphatic carbocycles. The molecule has 0 amide bonds. The monoisotopic (exact) mass is 244 g/mol. The summed E-state index contributed by atoms with van der Waals surface area (Å²) in [5.74, 6) is 0.884. The molecule has 0 atom stereocenters. The molecule has 0 saturated carbocycles. The van der Waals surface area contributed by atoms with E-state index in [1.165, 1.54) is 38.5 Å². The van der Waals surface area contributed by atoms with Gasteiger partial charge in [-0.15, -0.1) is 0 Å². The van der Waals surface area contributed by atoms with Gasteiger partial charge < -0.3 is 0 Å². The normalized spacial score (nSPS) is 10.2. The molecule has 0 aromatic carbocycles. The predicted molar refractivity (Wildman–Crippen MR) is 84.7 cm³/mol. The van der Waals surface area contributed by atoms with Gasteiger partial charge in [0.15, 0.2) is 0 Å². The van der Waals surface area contributed by atoms with Crippen molar-refractivity contribution in [1.29, 1.82) is 0 Å². The van der Waals surface area contributed by atoms with Crippen LogP contribution in [0.1, 0.15) is 101 Å². The summed E-state index contributed by atoms with van der Waals surface area (Å²) in [5.41, 5.74) is 0.549. The zero-order chi connectivity index (χ0) is 14.3. The van der Waals surface area contributed by atoms with E-state index >= 15 is 0 Å². The Morgan fingerprint density at radius 3 is 1.47 bits per heavy atom. The van der Waals surface area contributed by atoms with Gasteiger partial charge in [0.1, 0.15) is 0 Å². The zero-order valence-electron chi connectivity index (χ0n) is 14.3. The van der Waals surface area contributed by atoms with E-state index in [0.29, 0.717) is 5.41 Å². The van der Waals surface area contributed by atoms with Crippen LogP contribution in [-0.2, 0) is 0 Å². The maximum Gasteiger partial charge on any atom is -0.0383 e. The summed E-state index contributed by atoms with van der Waals surface area (Å²) >= 11 is 0. The molecule has 0 unspecified atom stereocenters. The fraction of sp³-hybridized carbons (Fsp3) is 1.00. The summed E-state index contributed by atoms with van der Waals surface area (Å²) in [5, 5.41) is 0. The van der Waals surface area contributed by atoms with Crippen molar-refractivity contribution < 1.29 is 0 Å². The summed E-state index contributed by atoms with van der Waals surface area (Å²) < 4.78 is 0. The van der Waals surface area contributed by atoms with Gasteiger partial charge in [-0.05, 0) is 17.8 Å². The lowest BCUT2D eigenvalue weighted by atomic mass is 9.89. The molecule has 0 rings (SSSR count). The zero-order valence-corrected chi connectivity index (χ0v) is 14.3. The number of rotatable bonds is 5. The van der Waals surface area contributed by atoms with E-state index < -0.39 is 0 Å². The van der Waals surface area contributed by atoms with Crippen molar-refractivity contribution in [2.75, 3.05) is 0 Å². The van der Waals surface area contributed by atoms with Crippen LogP contribution in [0.15, 0.2) is 0 Å². The van der Waals surface area contributed by atoms with E-state index in [-0.39, 0.29) is 0 Å². The molecule has 0 heterocycles. The molecule has 0 heteroatoms. The van der Waals surface area contributed by atoms with Crippen molar-refractivity contribution in [3.8, 4) is 0 Å². The van der Waals surface area contributed by atoms with Crippen molar-refractivity contribution in [2.24, 2.45) is 11.3 Å². The predicted octanol–water partition coefficient (Wildman–Crippen LogP) is 7.08. The number of hydrogen-bond acceptors (Lipinski definition) is 0. The highest BCUT2D eigenvalue weighted by molar-refractivity contribution is 4.60. The minimum atomic E-state index is 0.549. The Morgan fingerprint density at radius 2 is 1.24 bits per heavy atom. The molecular weight excluding hydrogens is 204 g/mol. The first-order chi connectivity index (χ1) is 7.83. The second kappa shape index (κ2) is 16.0. The largest absolute Gasteiger partial charge is 0.0683 e. The third kappa shape index (κ3) is 38.7. The number of hydrogen-bond donors (Lipinski definition) is 0. The third-order valence-electron chi connectivity index (χ3n) is 2.60. The first-order valence-corrected chi connectivity index (χ1v) is 7.83. The van der Waals surface area contributed by atoms with Crippen LogP contribution < -0.4 is 0 Å². The van der Waals surface area contributed by atoms with Crippen LogP contribution in [0.5, 0.6) is 0 Å². The molecule has 0 aromatic rings. The maximum atomic E-state index is 2.32. The molecular formula is C17H40. The molecule has 0 radical (unpaired) electrons. The molecule has 0 spiro atoms. The first kappa shape index (κ1) is 22.2. The summed E-state index contributed by atoms with van der Waals surface area (Å²) in [6.45, 7) is 19.9. The van der Waals surface area contributed by atoms with Crippen LogP contribution in [0.3, 0.4) is 0 Å². The van der Waals surface area contributed by atoms with Crippen molar-refractivity contribution in [3.05, 3.63) is 0 Å². The smallest absolute Gasteiger partial charge is 0.0383 e. The Kier molecular flexibility index (Phi) is 20.9. The maximum absolute atomic E-state index is 2.32. The summed E-state index contributed by atoms with van der Waals surface area (Å²) in [7, 11) is 0. The Hall–Kier alpha value is 0. The van der Waals surface area contributed by atoms with Crippen molar-refractivity contribution >= 4 is 0 Å². The molecule has 0 aliphatic rings. The fourth-order valence-electron chi connectivity index (χ4n) is 1.08. The molecule has 17 heavy (non-hydrogen) atoms. The van der Waals surface area contributed by atoms with Crippen LogP contribution in [0.25, 0.3) is 0 Å². The topological polar surface area (TPSA) is 0 Å². The Morgan fingerprint density at radius 1 is 0.824 bits per heavy atom. The van der Waals surface area contributed by atoms with E-state index in [9.17, 15) is 0 Å². The fourth-order valence-corrected chi connectivity index (χ4v) is 1.08. The molecule has 0 bridgehead atoms. The standard InChI is InChI=1S/C10H22.C5H12.C2H6/c1-5-6-7-8-9-10(2,3)4;1-4-5(2)3;1-2/h5-9H2,1-4H3;5H,4H2,1-3H3;1-2H3. The summed E-state index contributed by atoms with van der Waals surface area (Å²) in [6.07, 6.45) is 8.29.